The van der Waals surface area contributed by atoms with Crippen LogP contribution in [0.15, 0.2) is 24.3 Å². The van der Waals surface area contributed by atoms with Crippen molar-refractivity contribution >= 4 is 0 Å². The molecule has 1 aromatic rings. The summed E-state index contributed by atoms with van der Waals surface area (Å²) in [5.41, 5.74) is 6.75. The molecule has 0 aliphatic heterocycles. The Morgan fingerprint density at radius 2 is 2.11 bits per heavy atom. The van der Waals surface area contributed by atoms with Gasteiger partial charge < -0.3 is 15.2 Å². The largest absolute Gasteiger partial charge is 0.385 e. The summed E-state index contributed by atoms with van der Waals surface area (Å²) in [7, 11) is 1.68. The van der Waals surface area contributed by atoms with Gasteiger partial charge in [-0.25, -0.2) is 4.39 Å². The lowest BCUT2D eigenvalue weighted by atomic mass is 9.96. The lowest BCUT2D eigenvalue weighted by Crippen LogP contribution is -2.19. The summed E-state index contributed by atoms with van der Waals surface area (Å²) >= 11 is 0. The zero-order valence-electron chi connectivity index (χ0n) is 11.6. The quantitative estimate of drug-likeness (QED) is 0.663. The van der Waals surface area contributed by atoms with Crippen LogP contribution in [0.4, 0.5) is 4.39 Å². The summed E-state index contributed by atoms with van der Waals surface area (Å²) in [5.74, 6) is 0.147. The second kappa shape index (κ2) is 9.89. The van der Waals surface area contributed by atoms with Crippen LogP contribution in [0.2, 0.25) is 0 Å². The van der Waals surface area contributed by atoms with Gasteiger partial charge in [-0.15, -0.1) is 0 Å². The van der Waals surface area contributed by atoms with E-state index in [1.165, 1.54) is 6.07 Å². The lowest BCUT2D eigenvalue weighted by molar-refractivity contribution is 0.0942. The fraction of sp³-hybridized carbons (Fsp3) is 0.600. The molecule has 3 nitrogen and oxygen atoms in total. The molecule has 0 aliphatic carbocycles. The van der Waals surface area contributed by atoms with Gasteiger partial charge in [0.05, 0.1) is 0 Å². The molecule has 2 N–H and O–H groups in total. The maximum Gasteiger partial charge on any atom is 0.123 e. The Hall–Kier alpha value is -0.970. The molecule has 0 fully saturated rings. The van der Waals surface area contributed by atoms with Crippen LogP contribution in [0.3, 0.4) is 0 Å². The standard InChI is InChI=1S/C15H24FNO2/c1-18-7-3-8-19-9-6-14(12-17)10-13-4-2-5-15(16)11-13/h2,4-5,11,14H,3,6-10,12,17H2,1H3. The third-order valence-corrected chi connectivity index (χ3v) is 3.05. The van der Waals surface area contributed by atoms with Crippen molar-refractivity contribution in [2.45, 2.75) is 19.3 Å². The Labute approximate surface area is 114 Å². The first-order chi connectivity index (χ1) is 9.26. The minimum absolute atomic E-state index is 0.191. The first-order valence-electron chi connectivity index (χ1n) is 6.77. The number of methoxy groups -OCH3 is 1. The molecular weight excluding hydrogens is 245 g/mol. The molecule has 0 bridgehead atoms. The summed E-state index contributed by atoms with van der Waals surface area (Å²) in [4.78, 5) is 0. The predicted octanol–water partition coefficient (Wildman–Crippen LogP) is 2.39. The highest BCUT2D eigenvalue weighted by Crippen LogP contribution is 2.13. The highest BCUT2D eigenvalue weighted by molar-refractivity contribution is 5.16. The molecule has 0 heterocycles. The molecule has 108 valence electrons. The molecule has 19 heavy (non-hydrogen) atoms. The number of hydrogen-bond acceptors (Lipinski definition) is 3. The van der Waals surface area contributed by atoms with Crippen molar-refractivity contribution in [3.05, 3.63) is 35.6 Å². The van der Waals surface area contributed by atoms with Crippen LogP contribution in [0.5, 0.6) is 0 Å². The lowest BCUT2D eigenvalue weighted by Gasteiger charge is -2.15. The van der Waals surface area contributed by atoms with E-state index in [0.717, 1.165) is 31.4 Å². The zero-order valence-corrected chi connectivity index (χ0v) is 11.6. The van der Waals surface area contributed by atoms with E-state index in [1.54, 1.807) is 19.2 Å². The van der Waals surface area contributed by atoms with E-state index < -0.39 is 0 Å². The molecular formula is C15H24FNO2. The monoisotopic (exact) mass is 269 g/mol. The fourth-order valence-electron chi connectivity index (χ4n) is 1.96. The van der Waals surface area contributed by atoms with E-state index in [9.17, 15) is 4.39 Å². The van der Waals surface area contributed by atoms with Crippen LogP contribution < -0.4 is 5.73 Å². The molecule has 0 spiro atoms. The normalized spacial score (nSPS) is 12.6. The van der Waals surface area contributed by atoms with Gasteiger partial charge in [0.25, 0.3) is 0 Å². The first-order valence-corrected chi connectivity index (χ1v) is 6.77. The van der Waals surface area contributed by atoms with Crippen molar-refractivity contribution < 1.29 is 13.9 Å². The van der Waals surface area contributed by atoms with Crippen molar-refractivity contribution in [2.24, 2.45) is 11.7 Å². The maximum absolute atomic E-state index is 13.1. The number of rotatable bonds is 10. The molecule has 1 rings (SSSR count). The Balaban J connectivity index is 2.22. The van der Waals surface area contributed by atoms with Gasteiger partial charge in [0.2, 0.25) is 0 Å². The second-order valence-corrected chi connectivity index (χ2v) is 4.68. The highest BCUT2D eigenvalue weighted by Gasteiger charge is 2.08. The van der Waals surface area contributed by atoms with Crippen molar-refractivity contribution in [3.8, 4) is 0 Å². The summed E-state index contributed by atoms with van der Waals surface area (Å²) in [6.07, 6.45) is 2.61. The van der Waals surface area contributed by atoms with Crippen molar-refractivity contribution in [3.63, 3.8) is 0 Å². The van der Waals surface area contributed by atoms with Crippen molar-refractivity contribution in [1.82, 2.24) is 0 Å². The molecule has 0 aromatic heterocycles. The predicted molar refractivity (Wildman–Crippen MR) is 74.6 cm³/mol. The fourth-order valence-corrected chi connectivity index (χ4v) is 1.96. The molecule has 0 saturated heterocycles. The SMILES string of the molecule is COCCCOCCC(CN)Cc1cccc(F)c1. The van der Waals surface area contributed by atoms with Crippen LogP contribution in [-0.4, -0.2) is 33.5 Å². The van der Waals surface area contributed by atoms with Gasteiger partial charge in [-0.3, -0.25) is 0 Å². The van der Waals surface area contributed by atoms with Gasteiger partial charge in [-0.05, 0) is 49.4 Å². The van der Waals surface area contributed by atoms with Gasteiger partial charge in [0.15, 0.2) is 0 Å². The molecule has 0 saturated carbocycles. The van der Waals surface area contributed by atoms with Crippen LogP contribution in [0.25, 0.3) is 0 Å². The first kappa shape index (κ1) is 16.1. The van der Waals surface area contributed by atoms with E-state index in [0.29, 0.717) is 25.7 Å². The third kappa shape index (κ3) is 7.25. The Morgan fingerprint density at radius 3 is 2.79 bits per heavy atom. The Kier molecular flexibility index (Phi) is 8.38. The molecule has 0 radical (unpaired) electrons. The summed E-state index contributed by atoms with van der Waals surface area (Å²) in [6, 6.07) is 6.70. The van der Waals surface area contributed by atoms with Crippen LogP contribution in [0, 0.1) is 11.7 Å². The van der Waals surface area contributed by atoms with Crippen LogP contribution in [-0.2, 0) is 15.9 Å². The van der Waals surface area contributed by atoms with E-state index >= 15 is 0 Å². The average Bonchev–Trinajstić information content (AvgIpc) is 2.41. The number of halogens is 1. The molecule has 1 atom stereocenters. The number of ether oxygens (including phenoxy) is 2. The number of nitrogens with two attached hydrogens (primary N) is 1. The van der Waals surface area contributed by atoms with Gasteiger partial charge in [0.1, 0.15) is 5.82 Å². The third-order valence-electron chi connectivity index (χ3n) is 3.05. The number of hydrogen-bond donors (Lipinski definition) is 1. The molecule has 4 heteroatoms. The van der Waals surface area contributed by atoms with Gasteiger partial charge in [-0.2, -0.15) is 0 Å². The minimum atomic E-state index is -0.191. The Morgan fingerprint density at radius 1 is 1.26 bits per heavy atom. The zero-order chi connectivity index (χ0) is 13.9. The molecule has 1 aromatic carbocycles. The Bertz CT molecular complexity index is 347. The summed E-state index contributed by atoms with van der Waals surface area (Å²) in [5, 5.41) is 0. The van der Waals surface area contributed by atoms with Crippen molar-refractivity contribution in [1.29, 1.82) is 0 Å². The molecule has 0 aliphatic rings. The van der Waals surface area contributed by atoms with E-state index in [1.807, 2.05) is 6.07 Å². The van der Waals surface area contributed by atoms with Crippen molar-refractivity contribution in [2.75, 3.05) is 33.5 Å². The van der Waals surface area contributed by atoms with Gasteiger partial charge >= 0.3 is 0 Å². The van der Waals surface area contributed by atoms with E-state index in [2.05, 4.69) is 0 Å². The van der Waals surface area contributed by atoms with Gasteiger partial charge in [-0.1, -0.05) is 12.1 Å². The second-order valence-electron chi connectivity index (χ2n) is 4.68. The maximum atomic E-state index is 13.1. The topological polar surface area (TPSA) is 44.5 Å². The number of benzene rings is 1. The smallest absolute Gasteiger partial charge is 0.123 e. The molecule has 0 amide bonds. The van der Waals surface area contributed by atoms with Crippen LogP contribution in [0.1, 0.15) is 18.4 Å². The van der Waals surface area contributed by atoms with E-state index in [4.69, 9.17) is 15.2 Å². The summed E-state index contributed by atoms with van der Waals surface area (Å²) < 4.78 is 23.5. The average molecular weight is 269 g/mol. The van der Waals surface area contributed by atoms with Crippen LogP contribution >= 0.6 is 0 Å². The minimum Gasteiger partial charge on any atom is -0.385 e. The summed E-state index contributed by atoms with van der Waals surface area (Å²) in [6.45, 7) is 2.73. The van der Waals surface area contributed by atoms with Gasteiger partial charge in [0, 0.05) is 26.9 Å². The van der Waals surface area contributed by atoms with E-state index in [-0.39, 0.29) is 5.82 Å². The highest BCUT2D eigenvalue weighted by atomic mass is 19.1. The molecule has 1 unspecified atom stereocenters.